The average Bonchev–Trinajstić information content (AvgIpc) is 2.95. The minimum absolute atomic E-state index is 0.203. The molecule has 0 spiro atoms. The van der Waals surface area contributed by atoms with Gasteiger partial charge in [0.25, 0.3) is 0 Å². The van der Waals surface area contributed by atoms with E-state index in [2.05, 4.69) is 4.90 Å². The Morgan fingerprint density at radius 2 is 2.37 bits per heavy atom. The number of aliphatic hydroxyl groups excluding tert-OH is 1. The van der Waals surface area contributed by atoms with E-state index in [1.165, 1.54) is 5.56 Å². The van der Waals surface area contributed by atoms with E-state index in [0.29, 0.717) is 5.92 Å². The average molecular weight is 282 g/mol. The minimum atomic E-state index is -0.203. The molecule has 19 heavy (non-hydrogen) atoms. The van der Waals surface area contributed by atoms with Gasteiger partial charge in [0, 0.05) is 24.5 Å². The van der Waals surface area contributed by atoms with Gasteiger partial charge in [0.1, 0.15) is 11.9 Å². The standard InChI is InChI=1S/C15H20ClNO2/c1-10(18)11-4-5-17(8-11)9-14-7-12-6-13(16)2-3-15(12)19-14/h2-3,6,10-11,14,18H,4-5,7-9H2,1H3. The van der Waals surface area contributed by atoms with Crippen molar-refractivity contribution in [3.63, 3.8) is 0 Å². The van der Waals surface area contributed by atoms with Gasteiger partial charge in [0.05, 0.1) is 6.10 Å². The Bertz CT molecular complexity index is 463. The summed E-state index contributed by atoms with van der Waals surface area (Å²) in [5, 5.41) is 10.4. The summed E-state index contributed by atoms with van der Waals surface area (Å²) in [6, 6.07) is 5.84. The minimum Gasteiger partial charge on any atom is -0.488 e. The molecule has 1 aromatic carbocycles. The monoisotopic (exact) mass is 281 g/mol. The van der Waals surface area contributed by atoms with Crippen LogP contribution in [0.1, 0.15) is 18.9 Å². The van der Waals surface area contributed by atoms with Crippen LogP contribution in [0.4, 0.5) is 0 Å². The van der Waals surface area contributed by atoms with Crippen LogP contribution in [0.5, 0.6) is 5.75 Å². The van der Waals surface area contributed by atoms with Crippen molar-refractivity contribution >= 4 is 11.6 Å². The van der Waals surface area contributed by atoms with Crippen molar-refractivity contribution in [3.05, 3.63) is 28.8 Å². The molecule has 3 unspecified atom stereocenters. The van der Waals surface area contributed by atoms with Crippen molar-refractivity contribution in [2.75, 3.05) is 19.6 Å². The number of fused-ring (bicyclic) bond motifs is 1. The highest BCUT2D eigenvalue weighted by atomic mass is 35.5. The van der Waals surface area contributed by atoms with Gasteiger partial charge in [-0.1, -0.05) is 11.6 Å². The number of nitrogens with zero attached hydrogens (tertiary/aromatic N) is 1. The second-order valence-electron chi connectivity index (χ2n) is 5.74. The van der Waals surface area contributed by atoms with Gasteiger partial charge < -0.3 is 9.84 Å². The van der Waals surface area contributed by atoms with Crippen molar-refractivity contribution in [2.24, 2.45) is 5.92 Å². The fourth-order valence-electron chi connectivity index (χ4n) is 3.10. The highest BCUT2D eigenvalue weighted by Crippen LogP contribution is 2.32. The van der Waals surface area contributed by atoms with Gasteiger partial charge in [0.15, 0.2) is 0 Å². The van der Waals surface area contributed by atoms with Crippen LogP contribution in [0.25, 0.3) is 0 Å². The van der Waals surface area contributed by atoms with Gasteiger partial charge in [-0.25, -0.2) is 0 Å². The van der Waals surface area contributed by atoms with E-state index in [1.54, 1.807) is 0 Å². The fraction of sp³-hybridized carbons (Fsp3) is 0.600. The summed E-state index contributed by atoms with van der Waals surface area (Å²) in [4.78, 5) is 2.40. The molecule has 0 saturated carbocycles. The number of likely N-dealkylation sites (tertiary alicyclic amines) is 1. The molecular weight excluding hydrogens is 262 g/mol. The molecule has 1 N–H and O–H groups in total. The third-order valence-electron chi connectivity index (χ3n) is 4.22. The van der Waals surface area contributed by atoms with Gasteiger partial charge in [-0.05, 0) is 49.6 Å². The summed E-state index contributed by atoms with van der Waals surface area (Å²) in [5.74, 6) is 1.39. The predicted molar refractivity (Wildman–Crippen MR) is 75.8 cm³/mol. The molecule has 0 radical (unpaired) electrons. The molecule has 0 aromatic heterocycles. The van der Waals surface area contributed by atoms with Crippen molar-refractivity contribution in [1.82, 2.24) is 4.90 Å². The van der Waals surface area contributed by atoms with E-state index in [1.807, 2.05) is 25.1 Å². The fourth-order valence-corrected chi connectivity index (χ4v) is 3.30. The second kappa shape index (κ2) is 5.31. The molecule has 1 saturated heterocycles. The number of hydrogen-bond acceptors (Lipinski definition) is 3. The molecule has 1 fully saturated rings. The molecule has 0 amide bonds. The van der Waals surface area contributed by atoms with E-state index in [0.717, 1.165) is 43.2 Å². The largest absolute Gasteiger partial charge is 0.488 e. The molecule has 3 atom stereocenters. The van der Waals surface area contributed by atoms with E-state index >= 15 is 0 Å². The van der Waals surface area contributed by atoms with Crippen LogP contribution >= 0.6 is 11.6 Å². The van der Waals surface area contributed by atoms with Crippen LogP contribution in [-0.4, -0.2) is 41.8 Å². The van der Waals surface area contributed by atoms with Crippen molar-refractivity contribution in [2.45, 2.75) is 32.0 Å². The molecule has 3 rings (SSSR count). The Labute approximate surface area is 119 Å². The number of aliphatic hydroxyl groups is 1. The Kier molecular flexibility index (Phi) is 3.70. The topological polar surface area (TPSA) is 32.7 Å². The maximum absolute atomic E-state index is 9.63. The van der Waals surface area contributed by atoms with Crippen LogP contribution < -0.4 is 4.74 Å². The zero-order valence-corrected chi connectivity index (χ0v) is 11.9. The Morgan fingerprint density at radius 1 is 1.53 bits per heavy atom. The first-order valence-electron chi connectivity index (χ1n) is 6.97. The summed E-state index contributed by atoms with van der Waals surface area (Å²) in [7, 11) is 0. The maximum atomic E-state index is 9.63. The summed E-state index contributed by atoms with van der Waals surface area (Å²) in [5.41, 5.74) is 1.21. The highest BCUT2D eigenvalue weighted by molar-refractivity contribution is 6.30. The first kappa shape index (κ1) is 13.2. The zero-order chi connectivity index (χ0) is 13.4. The molecule has 4 heteroatoms. The van der Waals surface area contributed by atoms with Gasteiger partial charge in [-0.3, -0.25) is 4.90 Å². The van der Waals surface area contributed by atoms with Crippen LogP contribution in [0.15, 0.2) is 18.2 Å². The first-order valence-corrected chi connectivity index (χ1v) is 7.35. The lowest BCUT2D eigenvalue weighted by Crippen LogP contribution is -2.34. The maximum Gasteiger partial charge on any atom is 0.123 e. The molecule has 3 nitrogen and oxygen atoms in total. The number of hydrogen-bond donors (Lipinski definition) is 1. The number of ether oxygens (including phenoxy) is 1. The van der Waals surface area contributed by atoms with Crippen molar-refractivity contribution < 1.29 is 9.84 Å². The molecule has 2 aliphatic heterocycles. The quantitative estimate of drug-likeness (QED) is 0.923. The van der Waals surface area contributed by atoms with Crippen molar-refractivity contribution in [3.8, 4) is 5.75 Å². The Balaban J connectivity index is 1.56. The smallest absolute Gasteiger partial charge is 0.123 e. The van der Waals surface area contributed by atoms with Crippen LogP contribution in [-0.2, 0) is 6.42 Å². The molecule has 2 heterocycles. The molecule has 1 aromatic rings. The Morgan fingerprint density at radius 3 is 3.11 bits per heavy atom. The van der Waals surface area contributed by atoms with E-state index in [9.17, 15) is 5.11 Å². The van der Waals surface area contributed by atoms with Crippen LogP contribution in [0, 0.1) is 5.92 Å². The molecule has 0 bridgehead atoms. The lowest BCUT2D eigenvalue weighted by molar-refractivity contribution is 0.118. The van der Waals surface area contributed by atoms with Gasteiger partial charge in [-0.15, -0.1) is 0 Å². The number of rotatable bonds is 3. The molecular formula is C15H20ClNO2. The predicted octanol–water partition coefficient (Wildman–Crippen LogP) is 2.35. The number of halogens is 1. The molecule has 0 aliphatic carbocycles. The second-order valence-corrected chi connectivity index (χ2v) is 6.18. The van der Waals surface area contributed by atoms with E-state index in [-0.39, 0.29) is 12.2 Å². The lowest BCUT2D eigenvalue weighted by atomic mass is 10.0. The first-order chi connectivity index (χ1) is 9.11. The van der Waals surface area contributed by atoms with Crippen LogP contribution in [0.2, 0.25) is 5.02 Å². The molecule has 104 valence electrons. The summed E-state index contributed by atoms with van der Waals surface area (Å²) < 4.78 is 5.96. The van der Waals surface area contributed by atoms with Gasteiger partial charge in [0.2, 0.25) is 0 Å². The zero-order valence-electron chi connectivity index (χ0n) is 11.2. The highest BCUT2D eigenvalue weighted by Gasteiger charge is 2.30. The summed E-state index contributed by atoms with van der Waals surface area (Å²) in [6.45, 7) is 4.87. The van der Waals surface area contributed by atoms with Gasteiger partial charge >= 0.3 is 0 Å². The molecule has 2 aliphatic rings. The number of benzene rings is 1. The third kappa shape index (κ3) is 2.88. The lowest BCUT2D eigenvalue weighted by Gasteiger charge is -2.21. The SMILES string of the molecule is CC(O)C1CCN(CC2Cc3cc(Cl)ccc3O2)C1. The van der Waals surface area contributed by atoms with Crippen LogP contribution in [0.3, 0.4) is 0 Å². The summed E-state index contributed by atoms with van der Waals surface area (Å²) >= 11 is 6.00. The van der Waals surface area contributed by atoms with Crippen molar-refractivity contribution in [1.29, 1.82) is 0 Å². The normalized spacial score (nSPS) is 28.2. The van der Waals surface area contributed by atoms with Gasteiger partial charge in [-0.2, -0.15) is 0 Å². The Hall–Kier alpha value is -0.770. The third-order valence-corrected chi connectivity index (χ3v) is 4.45. The summed E-state index contributed by atoms with van der Waals surface area (Å²) in [6.07, 6.45) is 2.04. The van der Waals surface area contributed by atoms with E-state index < -0.39 is 0 Å². The van der Waals surface area contributed by atoms with E-state index in [4.69, 9.17) is 16.3 Å².